The fourth-order valence-corrected chi connectivity index (χ4v) is 1.63. The Labute approximate surface area is 91.4 Å². The van der Waals surface area contributed by atoms with Crippen molar-refractivity contribution in [3.63, 3.8) is 0 Å². The van der Waals surface area contributed by atoms with Crippen LogP contribution in [0.25, 0.3) is 0 Å². The summed E-state index contributed by atoms with van der Waals surface area (Å²) in [5.74, 6) is 0. The minimum Gasteiger partial charge on any atom is -0.265 e. The molecule has 1 aliphatic rings. The van der Waals surface area contributed by atoms with E-state index in [1.807, 2.05) is 6.07 Å². The molecule has 0 saturated carbocycles. The van der Waals surface area contributed by atoms with Crippen LogP contribution in [0.4, 0.5) is 18.9 Å². The minimum absolute atomic E-state index is 0.00678. The standard InChI is InChI=1S/C11H11F3N2/c12-11(13,14)10-7-4-8-16(15-10)9-5-2-1-3-6-9/h1-3,5-6H,4,7-8H2. The molecule has 0 unspecified atom stereocenters. The molecule has 16 heavy (non-hydrogen) atoms. The molecule has 0 radical (unpaired) electrons. The molecule has 0 aromatic heterocycles. The highest BCUT2D eigenvalue weighted by molar-refractivity contribution is 5.91. The SMILES string of the molecule is FC(F)(F)C1=NN(c2ccccc2)CCC1. The summed E-state index contributed by atoms with van der Waals surface area (Å²) in [5.41, 5.74) is 0.00607. The van der Waals surface area contributed by atoms with Crippen molar-refractivity contribution in [2.45, 2.75) is 19.0 Å². The minimum atomic E-state index is -4.31. The fraction of sp³-hybridized carbons (Fsp3) is 0.364. The van der Waals surface area contributed by atoms with Gasteiger partial charge in [0.25, 0.3) is 0 Å². The summed E-state index contributed by atoms with van der Waals surface area (Å²) in [6.07, 6.45) is -3.83. The van der Waals surface area contributed by atoms with Crippen molar-refractivity contribution in [1.29, 1.82) is 0 Å². The smallest absolute Gasteiger partial charge is 0.265 e. The van der Waals surface area contributed by atoms with Crippen molar-refractivity contribution in [3.8, 4) is 0 Å². The third-order valence-corrected chi connectivity index (χ3v) is 2.41. The number of halogens is 3. The Morgan fingerprint density at radius 3 is 2.44 bits per heavy atom. The molecule has 1 aliphatic heterocycles. The van der Waals surface area contributed by atoms with E-state index in [2.05, 4.69) is 5.10 Å². The second-order valence-electron chi connectivity index (χ2n) is 3.61. The molecule has 0 saturated heterocycles. The zero-order valence-corrected chi connectivity index (χ0v) is 8.54. The second-order valence-corrected chi connectivity index (χ2v) is 3.61. The molecule has 0 bridgehead atoms. The predicted octanol–water partition coefficient (Wildman–Crippen LogP) is 3.21. The molecule has 0 spiro atoms. The molecule has 0 amide bonds. The lowest BCUT2D eigenvalue weighted by Gasteiger charge is -2.26. The number of hydrazone groups is 1. The Kier molecular flexibility index (Phi) is 2.85. The first kappa shape index (κ1) is 11.0. The van der Waals surface area contributed by atoms with Crippen LogP contribution < -0.4 is 5.01 Å². The summed E-state index contributed by atoms with van der Waals surface area (Å²) in [6, 6.07) is 8.90. The topological polar surface area (TPSA) is 15.6 Å². The van der Waals surface area contributed by atoms with Crippen molar-refractivity contribution in [2.75, 3.05) is 11.6 Å². The zero-order chi connectivity index (χ0) is 11.6. The maximum atomic E-state index is 12.5. The van der Waals surface area contributed by atoms with Gasteiger partial charge >= 0.3 is 6.18 Å². The van der Waals surface area contributed by atoms with E-state index in [4.69, 9.17) is 0 Å². The van der Waals surface area contributed by atoms with Crippen LogP contribution >= 0.6 is 0 Å². The summed E-state index contributed by atoms with van der Waals surface area (Å²) < 4.78 is 37.4. The van der Waals surface area contributed by atoms with Gasteiger partial charge in [-0.2, -0.15) is 18.3 Å². The zero-order valence-electron chi connectivity index (χ0n) is 8.54. The van der Waals surface area contributed by atoms with Crippen LogP contribution in [0.3, 0.4) is 0 Å². The molecule has 1 heterocycles. The number of nitrogens with zero attached hydrogens (tertiary/aromatic N) is 2. The van der Waals surface area contributed by atoms with Gasteiger partial charge < -0.3 is 0 Å². The highest BCUT2D eigenvalue weighted by Gasteiger charge is 2.37. The van der Waals surface area contributed by atoms with Crippen molar-refractivity contribution in [3.05, 3.63) is 30.3 Å². The molecular weight excluding hydrogens is 217 g/mol. The number of hydrogen-bond donors (Lipinski definition) is 0. The molecule has 0 aliphatic carbocycles. The number of para-hydroxylation sites is 1. The molecule has 5 heteroatoms. The highest BCUT2D eigenvalue weighted by Crippen LogP contribution is 2.26. The normalized spacial score (nSPS) is 17.2. The largest absolute Gasteiger partial charge is 0.431 e. The summed E-state index contributed by atoms with van der Waals surface area (Å²) in [6.45, 7) is 0.531. The van der Waals surface area contributed by atoms with Crippen LogP contribution in [0.15, 0.2) is 35.4 Å². The van der Waals surface area contributed by atoms with E-state index in [1.54, 1.807) is 24.3 Å². The first-order valence-electron chi connectivity index (χ1n) is 5.04. The quantitative estimate of drug-likeness (QED) is 0.720. The van der Waals surface area contributed by atoms with Crippen LogP contribution in [0.5, 0.6) is 0 Å². The second kappa shape index (κ2) is 4.15. The molecule has 0 N–H and O–H groups in total. The van der Waals surface area contributed by atoms with Gasteiger partial charge in [0.2, 0.25) is 0 Å². The number of benzene rings is 1. The van der Waals surface area contributed by atoms with Gasteiger partial charge in [-0.3, -0.25) is 5.01 Å². The number of anilines is 1. The monoisotopic (exact) mass is 228 g/mol. The molecule has 2 rings (SSSR count). The molecule has 0 fully saturated rings. The summed E-state index contributed by atoms with van der Waals surface area (Å²) in [4.78, 5) is 0. The van der Waals surface area contributed by atoms with E-state index < -0.39 is 11.9 Å². The average Bonchev–Trinajstić information content (AvgIpc) is 2.29. The maximum absolute atomic E-state index is 12.5. The summed E-state index contributed by atoms with van der Waals surface area (Å²) in [7, 11) is 0. The average molecular weight is 228 g/mol. The third-order valence-electron chi connectivity index (χ3n) is 2.41. The van der Waals surface area contributed by atoms with Gasteiger partial charge in [0.1, 0.15) is 5.71 Å². The van der Waals surface area contributed by atoms with E-state index in [0.29, 0.717) is 18.7 Å². The van der Waals surface area contributed by atoms with Crippen molar-refractivity contribution >= 4 is 11.4 Å². The Balaban J connectivity index is 2.25. The fourth-order valence-electron chi connectivity index (χ4n) is 1.63. The van der Waals surface area contributed by atoms with Gasteiger partial charge in [0, 0.05) is 6.54 Å². The van der Waals surface area contributed by atoms with E-state index in [0.717, 1.165) is 0 Å². The Hall–Kier alpha value is -1.52. The molecule has 2 nitrogen and oxygen atoms in total. The highest BCUT2D eigenvalue weighted by atomic mass is 19.4. The maximum Gasteiger partial charge on any atom is 0.431 e. The van der Waals surface area contributed by atoms with Crippen LogP contribution in [0.2, 0.25) is 0 Å². The first-order chi connectivity index (χ1) is 7.57. The molecule has 1 aromatic rings. The van der Waals surface area contributed by atoms with Crippen LogP contribution in [0.1, 0.15) is 12.8 Å². The molecule has 1 aromatic carbocycles. The number of rotatable bonds is 1. The van der Waals surface area contributed by atoms with Crippen molar-refractivity contribution in [2.24, 2.45) is 5.10 Å². The van der Waals surface area contributed by atoms with E-state index in [1.165, 1.54) is 5.01 Å². The van der Waals surface area contributed by atoms with Gasteiger partial charge in [-0.25, -0.2) is 0 Å². The van der Waals surface area contributed by atoms with Gasteiger partial charge in [-0.15, -0.1) is 0 Å². The van der Waals surface area contributed by atoms with E-state index in [-0.39, 0.29) is 6.42 Å². The molecular formula is C11H11F3N2. The van der Waals surface area contributed by atoms with Crippen LogP contribution in [0, 0.1) is 0 Å². The van der Waals surface area contributed by atoms with Crippen LogP contribution in [-0.2, 0) is 0 Å². The van der Waals surface area contributed by atoms with Crippen LogP contribution in [-0.4, -0.2) is 18.4 Å². The lowest BCUT2D eigenvalue weighted by molar-refractivity contribution is -0.0612. The Bertz CT molecular complexity index is 384. The lowest BCUT2D eigenvalue weighted by atomic mass is 10.1. The molecule has 86 valence electrons. The number of hydrogen-bond acceptors (Lipinski definition) is 2. The lowest BCUT2D eigenvalue weighted by Crippen LogP contribution is -2.33. The third kappa shape index (κ3) is 2.35. The van der Waals surface area contributed by atoms with Crippen molar-refractivity contribution < 1.29 is 13.2 Å². The van der Waals surface area contributed by atoms with Crippen molar-refractivity contribution in [1.82, 2.24) is 0 Å². The Morgan fingerprint density at radius 1 is 1.12 bits per heavy atom. The number of alkyl halides is 3. The summed E-state index contributed by atoms with van der Waals surface area (Å²) in [5, 5.41) is 5.06. The predicted molar refractivity (Wildman–Crippen MR) is 56.5 cm³/mol. The van der Waals surface area contributed by atoms with Gasteiger partial charge in [0.15, 0.2) is 0 Å². The van der Waals surface area contributed by atoms with Gasteiger partial charge in [-0.1, -0.05) is 18.2 Å². The Morgan fingerprint density at radius 2 is 1.81 bits per heavy atom. The van der Waals surface area contributed by atoms with Gasteiger partial charge in [-0.05, 0) is 25.0 Å². The van der Waals surface area contributed by atoms with Gasteiger partial charge in [0.05, 0.1) is 5.69 Å². The first-order valence-corrected chi connectivity index (χ1v) is 5.04. The van der Waals surface area contributed by atoms with E-state index >= 15 is 0 Å². The summed E-state index contributed by atoms with van der Waals surface area (Å²) >= 11 is 0. The molecule has 0 atom stereocenters. The van der Waals surface area contributed by atoms with E-state index in [9.17, 15) is 13.2 Å².